The van der Waals surface area contributed by atoms with Gasteiger partial charge in [-0.3, -0.25) is 4.21 Å². The largest absolute Gasteiger partial charge is 0.252 e. The normalized spacial score (nSPS) is 12.7. The van der Waals surface area contributed by atoms with Gasteiger partial charge in [-0.25, -0.2) is 9.97 Å². The lowest BCUT2D eigenvalue weighted by molar-refractivity contribution is 0.674. The number of halogens is 2. The Bertz CT molecular complexity index is 975. The van der Waals surface area contributed by atoms with E-state index in [2.05, 4.69) is 9.97 Å². The Morgan fingerprint density at radius 3 is 2.15 bits per heavy atom. The summed E-state index contributed by atoms with van der Waals surface area (Å²) in [5.41, 5.74) is 3.00. The van der Waals surface area contributed by atoms with Crippen molar-refractivity contribution in [2.75, 3.05) is 6.26 Å². The topological polar surface area (TPSA) is 42.9 Å². The maximum Gasteiger partial charge on any atom is 0.150 e. The van der Waals surface area contributed by atoms with Crippen LogP contribution < -0.4 is 0 Å². The zero-order valence-electron chi connectivity index (χ0n) is 14.6. The number of benzene rings is 2. The Labute approximate surface area is 170 Å². The van der Waals surface area contributed by atoms with Crippen molar-refractivity contribution >= 4 is 56.8 Å². The Morgan fingerprint density at radius 1 is 1.04 bits per heavy atom. The highest BCUT2D eigenvalue weighted by Crippen LogP contribution is 2.29. The standard InChI is InChI=1S/C19H18Cl2N2OS2/c1-11(2)18-19(23-17-9-15(21)14(20)8-16(17)22-18)26(24)10-12-4-6-13(25-3)7-5-12/h4-9,11H,10H2,1-3H3. The van der Waals surface area contributed by atoms with Gasteiger partial charge < -0.3 is 0 Å². The summed E-state index contributed by atoms with van der Waals surface area (Å²) in [4.78, 5) is 10.5. The van der Waals surface area contributed by atoms with E-state index in [4.69, 9.17) is 23.2 Å². The fourth-order valence-electron chi connectivity index (χ4n) is 2.53. The van der Waals surface area contributed by atoms with E-state index in [9.17, 15) is 4.21 Å². The number of fused-ring (bicyclic) bond motifs is 1. The minimum absolute atomic E-state index is 0.0965. The highest BCUT2D eigenvalue weighted by atomic mass is 35.5. The van der Waals surface area contributed by atoms with Crippen LogP contribution in [-0.4, -0.2) is 20.4 Å². The molecule has 0 saturated heterocycles. The molecule has 1 heterocycles. The number of rotatable bonds is 5. The van der Waals surface area contributed by atoms with Crippen LogP contribution in [0, 0.1) is 0 Å². The molecule has 1 aromatic heterocycles. The summed E-state index contributed by atoms with van der Waals surface area (Å²) in [6, 6.07) is 11.5. The van der Waals surface area contributed by atoms with Gasteiger partial charge in [-0.05, 0) is 42.0 Å². The highest BCUT2D eigenvalue weighted by Gasteiger charge is 2.19. The van der Waals surface area contributed by atoms with E-state index >= 15 is 0 Å². The van der Waals surface area contributed by atoms with E-state index in [1.54, 1.807) is 23.9 Å². The number of nitrogens with zero attached hydrogens (tertiary/aromatic N) is 2. The molecule has 0 aliphatic carbocycles. The van der Waals surface area contributed by atoms with Crippen molar-refractivity contribution in [2.24, 2.45) is 0 Å². The van der Waals surface area contributed by atoms with E-state index in [0.29, 0.717) is 31.9 Å². The molecule has 0 bridgehead atoms. The van der Waals surface area contributed by atoms with Crippen LogP contribution >= 0.6 is 35.0 Å². The molecule has 2 aromatic carbocycles. The average molecular weight is 425 g/mol. The molecule has 3 rings (SSSR count). The monoisotopic (exact) mass is 424 g/mol. The Kier molecular flexibility index (Phi) is 6.23. The predicted molar refractivity (Wildman–Crippen MR) is 112 cm³/mol. The molecule has 26 heavy (non-hydrogen) atoms. The molecule has 0 radical (unpaired) electrons. The minimum atomic E-state index is -1.30. The second-order valence-electron chi connectivity index (χ2n) is 6.16. The van der Waals surface area contributed by atoms with Crippen LogP contribution in [-0.2, 0) is 16.6 Å². The quantitative estimate of drug-likeness (QED) is 0.464. The Hall–Kier alpha value is -1.14. The first-order valence-corrected chi connectivity index (χ1v) is 11.4. The number of thioether (sulfide) groups is 1. The molecule has 1 unspecified atom stereocenters. The summed E-state index contributed by atoms with van der Waals surface area (Å²) in [5.74, 6) is 0.495. The van der Waals surface area contributed by atoms with E-state index < -0.39 is 10.8 Å². The van der Waals surface area contributed by atoms with E-state index in [1.165, 1.54) is 4.90 Å². The van der Waals surface area contributed by atoms with Crippen LogP contribution in [0.1, 0.15) is 31.0 Å². The predicted octanol–water partition coefficient (Wildman–Crippen LogP) is 6.09. The Morgan fingerprint density at radius 2 is 1.62 bits per heavy atom. The van der Waals surface area contributed by atoms with Crippen molar-refractivity contribution in [2.45, 2.75) is 35.4 Å². The van der Waals surface area contributed by atoms with Crippen molar-refractivity contribution in [1.82, 2.24) is 9.97 Å². The van der Waals surface area contributed by atoms with E-state index in [1.807, 2.05) is 44.4 Å². The zero-order valence-corrected chi connectivity index (χ0v) is 17.8. The van der Waals surface area contributed by atoms with Crippen LogP contribution in [0.15, 0.2) is 46.3 Å². The summed E-state index contributed by atoms with van der Waals surface area (Å²) in [5, 5.41) is 1.36. The van der Waals surface area contributed by atoms with Gasteiger partial charge in [0.05, 0.1) is 43.3 Å². The Balaban J connectivity index is 2.02. The number of hydrogen-bond donors (Lipinski definition) is 0. The van der Waals surface area contributed by atoms with Gasteiger partial charge in [-0.1, -0.05) is 49.2 Å². The van der Waals surface area contributed by atoms with Crippen molar-refractivity contribution in [3.8, 4) is 0 Å². The van der Waals surface area contributed by atoms with Gasteiger partial charge in [0.2, 0.25) is 0 Å². The molecule has 0 fully saturated rings. The fraction of sp³-hybridized carbons (Fsp3) is 0.263. The lowest BCUT2D eigenvalue weighted by Gasteiger charge is -2.13. The first-order chi connectivity index (χ1) is 12.4. The molecular formula is C19H18Cl2N2OS2. The average Bonchev–Trinajstić information content (AvgIpc) is 2.62. The highest BCUT2D eigenvalue weighted by molar-refractivity contribution is 7.98. The molecule has 0 amide bonds. The van der Waals surface area contributed by atoms with Gasteiger partial charge in [-0.2, -0.15) is 0 Å². The van der Waals surface area contributed by atoms with E-state index in [0.717, 1.165) is 11.3 Å². The third-order valence-corrected chi connectivity index (χ3v) is 6.71. The van der Waals surface area contributed by atoms with Gasteiger partial charge in [0.1, 0.15) is 5.03 Å². The van der Waals surface area contributed by atoms with Crippen LogP contribution in [0.3, 0.4) is 0 Å². The first-order valence-electron chi connectivity index (χ1n) is 8.07. The summed E-state index contributed by atoms with van der Waals surface area (Å²) in [6.07, 6.45) is 2.03. The van der Waals surface area contributed by atoms with E-state index in [-0.39, 0.29) is 5.92 Å². The zero-order chi connectivity index (χ0) is 18.8. The molecule has 0 saturated carbocycles. The van der Waals surface area contributed by atoms with Crippen molar-refractivity contribution < 1.29 is 4.21 Å². The summed E-state index contributed by atoms with van der Waals surface area (Å²) >= 11 is 13.9. The lowest BCUT2D eigenvalue weighted by Crippen LogP contribution is -2.08. The first kappa shape index (κ1) is 19.6. The second kappa shape index (κ2) is 8.26. The molecule has 1 atom stereocenters. The molecule has 7 heteroatoms. The number of aromatic nitrogens is 2. The van der Waals surface area contributed by atoms with Crippen LogP contribution in [0.5, 0.6) is 0 Å². The number of hydrogen-bond acceptors (Lipinski definition) is 4. The summed E-state index contributed by atoms with van der Waals surface area (Å²) < 4.78 is 13.0. The smallest absolute Gasteiger partial charge is 0.150 e. The maximum atomic E-state index is 13.0. The van der Waals surface area contributed by atoms with Gasteiger partial charge in [0, 0.05) is 4.90 Å². The van der Waals surface area contributed by atoms with Crippen molar-refractivity contribution in [1.29, 1.82) is 0 Å². The summed E-state index contributed by atoms with van der Waals surface area (Å²) in [6.45, 7) is 4.03. The minimum Gasteiger partial charge on any atom is -0.252 e. The molecule has 3 aromatic rings. The van der Waals surface area contributed by atoms with Crippen LogP contribution in [0.4, 0.5) is 0 Å². The third-order valence-electron chi connectivity index (χ3n) is 3.92. The molecule has 0 spiro atoms. The van der Waals surface area contributed by atoms with Gasteiger partial charge in [0.25, 0.3) is 0 Å². The SMILES string of the molecule is CSc1ccc(CS(=O)c2nc3cc(Cl)c(Cl)cc3nc2C(C)C)cc1. The van der Waals surface area contributed by atoms with Gasteiger partial charge in [0.15, 0.2) is 0 Å². The van der Waals surface area contributed by atoms with Crippen LogP contribution in [0.25, 0.3) is 11.0 Å². The fourth-order valence-corrected chi connectivity index (χ4v) is 4.61. The summed E-state index contributed by atoms with van der Waals surface area (Å²) in [7, 11) is -1.30. The lowest BCUT2D eigenvalue weighted by atomic mass is 10.1. The molecule has 136 valence electrons. The maximum absolute atomic E-state index is 13.0. The van der Waals surface area contributed by atoms with Crippen molar-refractivity contribution in [3.05, 3.63) is 57.7 Å². The molecular weight excluding hydrogens is 407 g/mol. The molecule has 0 aliphatic heterocycles. The second-order valence-corrected chi connectivity index (χ2v) is 9.22. The molecule has 0 aliphatic rings. The molecule has 3 nitrogen and oxygen atoms in total. The van der Waals surface area contributed by atoms with Crippen LogP contribution in [0.2, 0.25) is 10.0 Å². The van der Waals surface area contributed by atoms with Gasteiger partial charge >= 0.3 is 0 Å². The third kappa shape index (κ3) is 4.22. The van der Waals surface area contributed by atoms with Gasteiger partial charge in [-0.15, -0.1) is 11.8 Å². The van der Waals surface area contributed by atoms with Crippen molar-refractivity contribution in [3.63, 3.8) is 0 Å². The molecule has 0 N–H and O–H groups in total.